The maximum atomic E-state index is 5.50. The van der Waals surface area contributed by atoms with Crippen LogP contribution in [0.3, 0.4) is 0 Å². The van der Waals surface area contributed by atoms with Crippen molar-refractivity contribution in [1.82, 2.24) is 4.98 Å². The molecule has 1 heterocycles. The predicted molar refractivity (Wildman–Crippen MR) is 34.6 cm³/mol. The Morgan fingerprint density at radius 2 is 2.25 bits per heavy atom. The molecule has 0 bridgehead atoms. The number of hydrogen-bond acceptors (Lipinski definition) is 1. The summed E-state index contributed by atoms with van der Waals surface area (Å²) in [7, 11) is 0. The Hall–Kier alpha value is 0.0374. The van der Waals surface area contributed by atoms with E-state index in [9.17, 15) is 0 Å². The van der Waals surface area contributed by atoms with Crippen LogP contribution in [-0.2, 0) is 0 Å². The third-order valence-electron chi connectivity index (χ3n) is 0.875. The van der Waals surface area contributed by atoms with E-state index >= 15 is 0 Å². The summed E-state index contributed by atoms with van der Waals surface area (Å²) in [6, 6.07) is 3.70. The van der Waals surface area contributed by atoms with Gasteiger partial charge < -0.3 is 0 Å². The summed E-state index contributed by atoms with van der Waals surface area (Å²) in [5, 5.41) is 0.551. The van der Waals surface area contributed by atoms with E-state index in [0.717, 1.165) is 4.24 Å². The van der Waals surface area contributed by atoms with Gasteiger partial charge in [-0.05, 0) is 0 Å². The molecular formula is C5H3ClLiN. The van der Waals surface area contributed by atoms with Gasteiger partial charge in [0.05, 0.1) is 0 Å². The Kier molecular flexibility index (Phi) is 1.96. The second-order valence-corrected chi connectivity index (χ2v) is 2.05. The van der Waals surface area contributed by atoms with E-state index in [0.29, 0.717) is 5.15 Å². The van der Waals surface area contributed by atoms with Gasteiger partial charge in [-0.25, -0.2) is 0 Å². The Labute approximate surface area is 62.3 Å². The normalized spacial score (nSPS) is 9.38. The molecule has 0 radical (unpaired) electrons. The van der Waals surface area contributed by atoms with Crippen LogP contribution in [0.15, 0.2) is 18.3 Å². The molecule has 0 unspecified atom stereocenters. The van der Waals surface area contributed by atoms with Crippen LogP contribution in [0.2, 0.25) is 5.15 Å². The SMILES string of the molecule is [Li][c]1ccc(Cl)nc1. The van der Waals surface area contributed by atoms with Gasteiger partial charge in [0, 0.05) is 0 Å². The summed E-state index contributed by atoms with van der Waals surface area (Å²) in [4.78, 5) is 3.84. The number of nitrogens with zero attached hydrogens (tertiary/aromatic N) is 1. The van der Waals surface area contributed by atoms with E-state index in [1.165, 1.54) is 0 Å². The average Bonchev–Trinajstić information content (AvgIpc) is 1.77. The van der Waals surface area contributed by atoms with Gasteiger partial charge in [0.1, 0.15) is 0 Å². The second-order valence-electron chi connectivity index (χ2n) is 1.66. The molecule has 0 amide bonds. The van der Waals surface area contributed by atoms with Crippen molar-refractivity contribution in [2.45, 2.75) is 0 Å². The number of pyridine rings is 1. The van der Waals surface area contributed by atoms with Crippen LogP contribution in [0, 0.1) is 0 Å². The zero-order valence-corrected chi connectivity index (χ0v) is 5.31. The molecule has 0 N–H and O–H groups in total. The number of rotatable bonds is 0. The van der Waals surface area contributed by atoms with Gasteiger partial charge in [-0.15, -0.1) is 0 Å². The van der Waals surface area contributed by atoms with E-state index in [-0.39, 0.29) is 0 Å². The summed E-state index contributed by atoms with van der Waals surface area (Å²) in [5.41, 5.74) is 0. The van der Waals surface area contributed by atoms with Crippen LogP contribution in [0.4, 0.5) is 0 Å². The summed E-state index contributed by atoms with van der Waals surface area (Å²) < 4.78 is 1.13. The van der Waals surface area contributed by atoms with Gasteiger partial charge >= 0.3 is 62.0 Å². The third kappa shape index (κ3) is 1.52. The number of hydrogen-bond donors (Lipinski definition) is 0. The molecule has 0 saturated heterocycles. The quantitative estimate of drug-likeness (QED) is 0.359. The molecular weight excluding hydrogens is 116 g/mol. The van der Waals surface area contributed by atoms with Crippen molar-refractivity contribution in [3.05, 3.63) is 23.5 Å². The molecule has 0 aliphatic rings. The third-order valence-corrected chi connectivity index (χ3v) is 1.10. The van der Waals surface area contributed by atoms with Crippen LogP contribution in [0.1, 0.15) is 0 Å². The predicted octanol–water partition coefficient (Wildman–Crippen LogP) is 0.529. The fourth-order valence-corrected chi connectivity index (χ4v) is 0.562. The fourth-order valence-electron chi connectivity index (χ4n) is 0.450. The standard InChI is InChI=1S/C5H3ClN.Li/c6-5-3-1-2-4-7-5;/h1,3-4H;. The van der Waals surface area contributed by atoms with Crippen LogP contribution in [0.5, 0.6) is 0 Å². The molecule has 0 atom stereocenters. The van der Waals surface area contributed by atoms with Crippen molar-refractivity contribution in [2.24, 2.45) is 0 Å². The van der Waals surface area contributed by atoms with Gasteiger partial charge in [-0.2, -0.15) is 0 Å². The molecule has 0 fully saturated rings. The van der Waals surface area contributed by atoms with Gasteiger partial charge in [0.15, 0.2) is 0 Å². The van der Waals surface area contributed by atoms with Crippen LogP contribution >= 0.6 is 11.6 Å². The first-order valence-corrected chi connectivity index (χ1v) is 2.75. The second kappa shape index (κ2) is 2.55. The Balaban J connectivity index is 3.03. The molecule has 1 rings (SSSR count). The molecule has 0 saturated carbocycles. The summed E-state index contributed by atoms with van der Waals surface area (Å²) in [5.74, 6) is 0. The van der Waals surface area contributed by atoms with Crippen molar-refractivity contribution in [1.29, 1.82) is 0 Å². The monoisotopic (exact) mass is 119 g/mol. The Morgan fingerprint density at radius 1 is 1.50 bits per heavy atom. The van der Waals surface area contributed by atoms with Crippen molar-refractivity contribution in [3.63, 3.8) is 0 Å². The van der Waals surface area contributed by atoms with E-state index in [2.05, 4.69) is 4.98 Å². The first kappa shape index (κ1) is 6.16. The topological polar surface area (TPSA) is 12.9 Å². The Morgan fingerprint density at radius 3 is 2.62 bits per heavy atom. The molecule has 0 spiro atoms. The van der Waals surface area contributed by atoms with Crippen LogP contribution < -0.4 is 4.24 Å². The average molecular weight is 119 g/mol. The fraction of sp³-hybridized carbons (Fsp3) is 0. The first-order chi connectivity index (χ1) is 3.79. The number of halogens is 1. The summed E-state index contributed by atoms with van der Waals surface area (Å²) >= 11 is 7.48. The molecule has 36 valence electrons. The van der Waals surface area contributed by atoms with Gasteiger partial charge in [0.25, 0.3) is 0 Å². The molecule has 1 aromatic rings. The molecule has 3 heteroatoms. The van der Waals surface area contributed by atoms with Gasteiger partial charge in [0.2, 0.25) is 0 Å². The maximum absolute atomic E-state index is 5.50. The molecule has 0 aromatic carbocycles. The van der Waals surface area contributed by atoms with Gasteiger partial charge in [-0.3, -0.25) is 0 Å². The molecule has 0 aliphatic heterocycles. The molecule has 1 aromatic heterocycles. The van der Waals surface area contributed by atoms with Crippen molar-refractivity contribution in [2.75, 3.05) is 0 Å². The van der Waals surface area contributed by atoms with E-state index in [4.69, 9.17) is 11.6 Å². The first-order valence-electron chi connectivity index (χ1n) is 2.37. The van der Waals surface area contributed by atoms with Crippen molar-refractivity contribution < 1.29 is 0 Å². The van der Waals surface area contributed by atoms with E-state index < -0.39 is 0 Å². The zero-order valence-electron chi connectivity index (χ0n) is 4.56. The minimum absolute atomic E-state index is 0.551. The molecule has 0 aliphatic carbocycles. The summed E-state index contributed by atoms with van der Waals surface area (Å²) in [6.07, 6.45) is 1.74. The van der Waals surface area contributed by atoms with Crippen molar-refractivity contribution >= 4 is 33.6 Å². The summed E-state index contributed by atoms with van der Waals surface area (Å²) in [6.45, 7) is 0. The van der Waals surface area contributed by atoms with Crippen molar-refractivity contribution in [3.8, 4) is 0 Å². The Bertz CT molecular complexity index is 151. The minimum atomic E-state index is 0.551. The molecule has 1 nitrogen and oxygen atoms in total. The van der Waals surface area contributed by atoms with E-state index in [1.807, 2.05) is 23.8 Å². The number of aromatic nitrogens is 1. The zero-order chi connectivity index (χ0) is 5.98. The van der Waals surface area contributed by atoms with Crippen LogP contribution in [-0.4, -0.2) is 22.7 Å². The molecule has 8 heavy (non-hydrogen) atoms. The van der Waals surface area contributed by atoms with Crippen LogP contribution in [0.25, 0.3) is 0 Å². The van der Waals surface area contributed by atoms with Gasteiger partial charge in [-0.1, -0.05) is 0 Å². The van der Waals surface area contributed by atoms with E-state index in [1.54, 1.807) is 12.3 Å².